The summed E-state index contributed by atoms with van der Waals surface area (Å²) in [6.07, 6.45) is 1.56. The van der Waals surface area contributed by atoms with Crippen LogP contribution in [0.2, 0.25) is 0 Å². The number of thiophene rings is 1. The highest BCUT2D eigenvalue weighted by Crippen LogP contribution is 2.27. The van der Waals surface area contributed by atoms with E-state index in [0.29, 0.717) is 35.0 Å². The molecule has 0 spiro atoms. The molecule has 1 N–H and O–H groups in total. The second kappa shape index (κ2) is 9.04. The number of methoxy groups -OCH3 is 1. The van der Waals surface area contributed by atoms with Gasteiger partial charge in [0.25, 0.3) is 10.0 Å². The van der Waals surface area contributed by atoms with Crippen LogP contribution in [0.5, 0.6) is 0 Å². The van der Waals surface area contributed by atoms with Gasteiger partial charge in [-0.2, -0.15) is 0 Å². The van der Waals surface area contributed by atoms with Crippen molar-refractivity contribution in [3.63, 3.8) is 0 Å². The van der Waals surface area contributed by atoms with Crippen molar-refractivity contribution in [3.8, 4) is 0 Å². The average molecular weight is 372 g/mol. The summed E-state index contributed by atoms with van der Waals surface area (Å²) in [5, 5.41) is 1.74. The molecule has 0 amide bonds. The van der Waals surface area contributed by atoms with E-state index in [1.54, 1.807) is 18.6 Å². The first-order chi connectivity index (χ1) is 9.08. The predicted molar refractivity (Wildman–Crippen MR) is 79.1 cm³/mol. The van der Waals surface area contributed by atoms with Crippen LogP contribution in [0.25, 0.3) is 0 Å². The van der Waals surface area contributed by atoms with E-state index in [0.717, 1.165) is 12.8 Å². The molecule has 0 aliphatic rings. The smallest absolute Gasteiger partial charge is 0.251 e. The monoisotopic (exact) mass is 371 g/mol. The maximum atomic E-state index is 11.9. The molecule has 0 fully saturated rings. The molecule has 8 heteroatoms. The van der Waals surface area contributed by atoms with E-state index >= 15 is 0 Å². The first kappa shape index (κ1) is 17.1. The SMILES string of the molecule is COCCOCCCCNS(=O)(=O)c1sccc1Br. The van der Waals surface area contributed by atoms with Crippen LogP contribution in [0.4, 0.5) is 0 Å². The van der Waals surface area contributed by atoms with E-state index in [1.165, 1.54) is 11.3 Å². The topological polar surface area (TPSA) is 64.6 Å². The van der Waals surface area contributed by atoms with Crippen molar-refractivity contribution in [2.24, 2.45) is 0 Å². The van der Waals surface area contributed by atoms with E-state index in [4.69, 9.17) is 9.47 Å². The first-order valence-electron chi connectivity index (χ1n) is 5.87. The summed E-state index contributed by atoms with van der Waals surface area (Å²) >= 11 is 4.42. The lowest BCUT2D eigenvalue weighted by Crippen LogP contribution is -2.24. The van der Waals surface area contributed by atoms with E-state index < -0.39 is 10.0 Å². The van der Waals surface area contributed by atoms with Crippen molar-refractivity contribution >= 4 is 37.3 Å². The fraction of sp³-hybridized carbons (Fsp3) is 0.636. The van der Waals surface area contributed by atoms with Gasteiger partial charge >= 0.3 is 0 Å². The van der Waals surface area contributed by atoms with Crippen LogP contribution in [-0.2, 0) is 19.5 Å². The fourth-order valence-electron chi connectivity index (χ4n) is 1.32. The number of ether oxygens (including phenoxy) is 2. The van der Waals surface area contributed by atoms with Crippen LogP contribution >= 0.6 is 27.3 Å². The summed E-state index contributed by atoms with van der Waals surface area (Å²) in [7, 11) is -1.76. The minimum absolute atomic E-state index is 0.323. The van der Waals surface area contributed by atoms with Gasteiger partial charge in [-0.25, -0.2) is 13.1 Å². The lowest BCUT2D eigenvalue weighted by Gasteiger charge is -2.06. The molecule has 1 heterocycles. The Morgan fingerprint density at radius 3 is 2.74 bits per heavy atom. The molecule has 0 bridgehead atoms. The van der Waals surface area contributed by atoms with E-state index in [2.05, 4.69) is 20.7 Å². The van der Waals surface area contributed by atoms with Gasteiger partial charge in [-0.15, -0.1) is 11.3 Å². The number of rotatable bonds is 10. The molecular weight excluding hydrogens is 354 g/mol. The zero-order valence-electron chi connectivity index (χ0n) is 10.7. The fourth-order valence-corrected chi connectivity index (χ4v) is 4.77. The quantitative estimate of drug-likeness (QED) is 0.640. The number of nitrogens with one attached hydrogen (secondary N) is 1. The van der Waals surface area contributed by atoms with Gasteiger partial charge in [0.2, 0.25) is 0 Å². The van der Waals surface area contributed by atoms with Gasteiger partial charge in [0, 0.05) is 24.7 Å². The van der Waals surface area contributed by atoms with Gasteiger partial charge in [0.1, 0.15) is 4.21 Å². The van der Waals surface area contributed by atoms with Crippen LogP contribution in [0.3, 0.4) is 0 Å². The zero-order valence-corrected chi connectivity index (χ0v) is 13.9. The lowest BCUT2D eigenvalue weighted by molar-refractivity contribution is 0.0689. The first-order valence-corrected chi connectivity index (χ1v) is 9.03. The molecule has 19 heavy (non-hydrogen) atoms. The predicted octanol–water partition coefficient (Wildman–Crippen LogP) is 2.23. The molecule has 1 rings (SSSR count). The highest BCUT2D eigenvalue weighted by Gasteiger charge is 2.18. The van der Waals surface area contributed by atoms with E-state index in [-0.39, 0.29) is 0 Å². The molecule has 0 atom stereocenters. The van der Waals surface area contributed by atoms with Gasteiger partial charge in [0.15, 0.2) is 0 Å². The summed E-state index contributed by atoms with van der Waals surface area (Å²) < 4.78 is 37.5. The average Bonchev–Trinajstić information content (AvgIpc) is 2.80. The van der Waals surface area contributed by atoms with Gasteiger partial charge in [-0.3, -0.25) is 0 Å². The van der Waals surface area contributed by atoms with Crippen molar-refractivity contribution in [2.75, 3.05) is 33.5 Å². The molecule has 0 aliphatic heterocycles. The molecule has 1 aromatic heterocycles. The largest absolute Gasteiger partial charge is 0.382 e. The van der Waals surface area contributed by atoms with Crippen molar-refractivity contribution in [3.05, 3.63) is 15.9 Å². The minimum Gasteiger partial charge on any atom is -0.382 e. The third-order valence-corrected chi connectivity index (χ3v) is 6.40. The molecular formula is C11H18BrNO4S2. The second-order valence-electron chi connectivity index (χ2n) is 3.77. The summed E-state index contributed by atoms with van der Waals surface area (Å²) in [5.74, 6) is 0. The summed E-state index contributed by atoms with van der Waals surface area (Å²) in [4.78, 5) is 0. The van der Waals surface area contributed by atoms with Crippen molar-refractivity contribution < 1.29 is 17.9 Å². The second-order valence-corrected chi connectivity index (χ2v) is 7.50. The normalized spacial score (nSPS) is 11.9. The molecule has 5 nitrogen and oxygen atoms in total. The zero-order chi connectivity index (χ0) is 14.1. The number of unbranched alkanes of at least 4 members (excludes halogenated alkanes) is 1. The van der Waals surface area contributed by atoms with Gasteiger partial charge in [0.05, 0.1) is 13.2 Å². The Morgan fingerprint density at radius 2 is 2.11 bits per heavy atom. The third kappa shape index (κ3) is 6.33. The van der Waals surface area contributed by atoms with Crippen LogP contribution < -0.4 is 4.72 Å². The molecule has 0 aromatic carbocycles. The molecule has 0 saturated carbocycles. The Morgan fingerprint density at radius 1 is 1.32 bits per heavy atom. The number of halogens is 1. The van der Waals surface area contributed by atoms with Crippen molar-refractivity contribution in [1.82, 2.24) is 4.72 Å². The standard InChI is InChI=1S/C11H18BrNO4S2/c1-16-7-8-17-6-3-2-5-13-19(14,15)11-10(12)4-9-18-11/h4,9,13H,2-3,5-8H2,1H3. The maximum absolute atomic E-state index is 11.9. The Labute approximate surface area is 126 Å². The van der Waals surface area contributed by atoms with Crippen LogP contribution in [0.15, 0.2) is 20.1 Å². The third-order valence-electron chi connectivity index (χ3n) is 2.27. The Bertz CT molecular complexity index is 461. The molecule has 0 aliphatic carbocycles. The number of hydrogen-bond acceptors (Lipinski definition) is 5. The van der Waals surface area contributed by atoms with Crippen LogP contribution in [-0.4, -0.2) is 41.9 Å². The molecule has 1 aromatic rings. The highest BCUT2D eigenvalue weighted by molar-refractivity contribution is 9.10. The summed E-state index contributed by atoms with van der Waals surface area (Å²) in [6.45, 7) is 2.19. The van der Waals surface area contributed by atoms with E-state index in [9.17, 15) is 8.42 Å². The Balaban J connectivity index is 2.17. The summed E-state index contributed by atoms with van der Waals surface area (Å²) in [6, 6.07) is 1.73. The van der Waals surface area contributed by atoms with Gasteiger partial charge < -0.3 is 9.47 Å². The molecule has 0 radical (unpaired) electrons. The van der Waals surface area contributed by atoms with E-state index in [1.807, 2.05) is 0 Å². The lowest BCUT2D eigenvalue weighted by atomic mass is 10.3. The minimum atomic E-state index is -3.39. The highest BCUT2D eigenvalue weighted by atomic mass is 79.9. The number of hydrogen-bond donors (Lipinski definition) is 1. The maximum Gasteiger partial charge on any atom is 0.251 e. The Kier molecular flexibility index (Phi) is 8.12. The van der Waals surface area contributed by atoms with Gasteiger partial charge in [-0.05, 0) is 40.2 Å². The van der Waals surface area contributed by atoms with Crippen LogP contribution in [0, 0.1) is 0 Å². The molecule has 0 saturated heterocycles. The Hall–Kier alpha value is 0.01000. The van der Waals surface area contributed by atoms with Crippen molar-refractivity contribution in [1.29, 1.82) is 0 Å². The molecule has 110 valence electrons. The summed E-state index contributed by atoms with van der Waals surface area (Å²) in [5.41, 5.74) is 0. The molecule has 0 unspecified atom stereocenters. The van der Waals surface area contributed by atoms with Gasteiger partial charge in [-0.1, -0.05) is 0 Å². The number of sulfonamides is 1. The van der Waals surface area contributed by atoms with Crippen molar-refractivity contribution in [2.45, 2.75) is 17.1 Å². The van der Waals surface area contributed by atoms with Crippen LogP contribution in [0.1, 0.15) is 12.8 Å².